The molecule has 1 aliphatic heterocycles. The van der Waals surface area contributed by atoms with E-state index in [0.29, 0.717) is 34.2 Å². The molecule has 1 aliphatic rings. The van der Waals surface area contributed by atoms with E-state index in [-0.39, 0.29) is 17.7 Å². The van der Waals surface area contributed by atoms with E-state index in [9.17, 15) is 14.9 Å². The van der Waals surface area contributed by atoms with Gasteiger partial charge in [-0.1, -0.05) is 67.1 Å². The highest BCUT2D eigenvalue weighted by Gasteiger charge is 2.35. The van der Waals surface area contributed by atoms with Crippen LogP contribution in [-0.4, -0.2) is 33.1 Å². The molecule has 0 bridgehead atoms. The van der Waals surface area contributed by atoms with Gasteiger partial charge in [-0.2, -0.15) is 10.4 Å². The zero-order valence-corrected chi connectivity index (χ0v) is 23.4. The zero-order valence-electron chi connectivity index (χ0n) is 22.7. The fraction of sp³-hybridized carbons (Fsp3) is 0.152. The van der Waals surface area contributed by atoms with Crippen LogP contribution in [0.4, 0.5) is 0 Å². The number of nitrogens with zero attached hydrogens (tertiary/aromatic N) is 4. The number of nitriles is 1. The molecule has 0 unspecified atom stereocenters. The lowest BCUT2D eigenvalue weighted by Gasteiger charge is -2.27. The van der Waals surface area contributed by atoms with Gasteiger partial charge in [0.05, 0.1) is 23.9 Å². The van der Waals surface area contributed by atoms with E-state index < -0.39 is 11.8 Å². The van der Waals surface area contributed by atoms with Crippen LogP contribution in [0.25, 0.3) is 23.0 Å². The Hall–Kier alpha value is -4.93. The lowest BCUT2D eigenvalue weighted by molar-refractivity contribution is -0.141. The predicted molar refractivity (Wildman–Crippen MR) is 158 cm³/mol. The van der Waals surface area contributed by atoms with E-state index >= 15 is 0 Å². The maximum Gasteiger partial charge on any atom is 0.271 e. The van der Waals surface area contributed by atoms with Crippen molar-refractivity contribution in [1.82, 2.24) is 14.7 Å². The van der Waals surface area contributed by atoms with Crippen LogP contribution in [0.2, 0.25) is 5.02 Å². The van der Waals surface area contributed by atoms with Crippen LogP contribution in [0.5, 0.6) is 5.75 Å². The minimum absolute atomic E-state index is 0.0548. The van der Waals surface area contributed by atoms with Crippen molar-refractivity contribution in [3.05, 3.63) is 118 Å². The van der Waals surface area contributed by atoms with Gasteiger partial charge in [-0.15, -0.1) is 0 Å². The number of imide groups is 1. The van der Waals surface area contributed by atoms with E-state index in [2.05, 4.69) is 0 Å². The summed E-state index contributed by atoms with van der Waals surface area (Å²) in [5, 5.41) is 15.1. The molecule has 2 heterocycles. The molecule has 0 saturated carbocycles. The Morgan fingerprint density at radius 2 is 1.71 bits per heavy atom. The van der Waals surface area contributed by atoms with Crippen LogP contribution < -0.4 is 4.74 Å². The maximum absolute atomic E-state index is 13.8. The molecule has 204 valence electrons. The number of amides is 2. The number of halogens is 1. The molecule has 7 nitrogen and oxygen atoms in total. The first-order chi connectivity index (χ1) is 19.9. The van der Waals surface area contributed by atoms with Crippen LogP contribution in [0.1, 0.15) is 31.4 Å². The van der Waals surface area contributed by atoms with E-state index in [1.54, 1.807) is 29.8 Å². The van der Waals surface area contributed by atoms with Crippen LogP contribution in [-0.2, 0) is 16.1 Å². The highest BCUT2D eigenvalue weighted by atomic mass is 35.5. The van der Waals surface area contributed by atoms with Gasteiger partial charge in [0, 0.05) is 22.9 Å². The smallest absolute Gasteiger partial charge is 0.271 e. The van der Waals surface area contributed by atoms with Gasteiger partial charge in [-0.05, 0) is 60.9 Å². The second-order valence-corrected chi connectivity index (χ2v) is 9.97. The Balaban J connectivity index is 1.64. The second-order valence-electron chi connectivity index (χ2n) is 9.56. The molecule has 2 amide bonds. The Bertz CT molecular complexity index is 1720. The molecule has 0 saturated heterocycles. The summed E-state index contributed by atoms with van der Waals surface area (Å²) in [5.74, 6) is -0.504. The molecular formula is C33H27ClN4O3. The number of carbonyl (C=O) groups is 2. The van der Waals surface area contributed by atoms with Crippen molar-refractivity contribution in [2.24, 2.45) is 0 Å². The fourth-order valence-electron chi connectivity index (χ4n) is 4.60. The second kappa shape index (κ2) is 12.1. The van der Waals surface area contributed by atoms with E-state index in [4.69, 9.17) is 21.4 Å². The number of aromatic nitrogens is 2. The van der Waals surface area contributed by atoms with Gasteiger partial charge in [0.25, 0.3) is 11.8 Å². The molecule has 0 fully saturated rings. The molecule has 1 aromatic heterocycles. The molecule has 0 N–H and O–H groups in total. The Morgan fingerprint density at radius 3 is 2.37 bits per heavy atom. The summed E-state index contributed by atoms with van der Waals surface area (Å²) in [4.78, 5) is 28.0. The number of carbonyl (C=O) groups excluding carboxylic acids is 2. The lowest BCUT2D eigenvalue weighted by Crippen LogP contribution is -2.42. The third-order valence-corrected chi connectivity index (χ3v) is 7.03. The van der Waals surface area contributed by atoms with Crippen LogP contribution in [0, 0.1) is 11.3 Å². The largest absolute Gasteiger partial charge is 0.492 e. The van der Waals surface area contributed by atoms with E-state index in [0.717, 1.165) is 28.1 Å². The summed E-state index contributed by atoms with van der Waals surface area (Å²) in [6, 6.07) is 26.3. The quantitative estimate of drug-likeness (QED) is 0.174. The summed E-state index contributed by atoms with van der Waals surface area (Å²) in [5.41, 5.74) is 4.05. The van der Waals surface area contributed by atoms with Gasteiger partial charge in [-0.3, -0.25) is 14.5 Å². The third-order valence-electron chi connectivity index (χ3n) is 6.74. The number of benzene rings is 3. The standard InChI is InChI=1S/C33H27ClN4O3/c1-3-16-41-30-15-14-24(18-29(30)34)31-25(21-38(36-31)26-12-8-5-9-13-26)17-27-22(2)28(19-35)33(40)37(32(27)39)20-23-10-6-4-7-11-23/h4-15,17-18,21H,3,16,20H2,1-2H3/b27-17+. The highest BCUT2D eigenvalue weighted by Crippen LogP contribution is 2.35. The molecule has 0 aliphatic carbocycles. The van der Waals surface area contributed by atoms with Crippen molar-refractivity contribution in [1.29, 1.82) is 5.26 Å². The Kier molecular flexibility index (Phi) is 8.14. The van der Waals surface area contributed by atoms with E-state index in [1.807, 2.05) is 85.9 Å². The fourth-order valence-corrected chi connectivity index (χ4v) is 4.84. The van der Waals surface area contributed by atoms with Gasteiger partial charge in [0.1, 0.15) is 23.1 Å². The molecule has 8 heteroatoms. The highest BCUT2D eigenvalue weighted by molar-refractivity contribution is 6.32. The number of rotatable bonds is 8. The Morgan fingerprint density at radius 1 is 1.00 bits per heavy atom. The van der Waals surface area contributed by atoms with Crippen LogP contribution in [0.15, 0.2) is 102 Å². The zero-order chi connectivity index (χ0) is 28.9. The average Bonchev–Trinajstić information content (AvgIpc) is 3.42. The van der Waals surface area contributed by atoms with Crippen molar-refractivity contribution in [3.63, 3.8) is 0 Å². The van der Waals surface area contributed by atoms with Gasteiger partial charge < -0.3 is 4.74 Å². The number of para-hydroxylation sites is 1. The van der Waals surface area contributed by atoms with Crippen molar-refractivity contribution >= 4 is 29.5 Å². The maximum atomic E-state index is 13.8. The molecular weight excluding hydrogens is 536 g/mol. The number of hydrogen-bond donors (Lipinski definition) is 0. The summed E-state index contributed by atoms with van der Waals surface area (Å²) in [6.07, 6.45) is 4.36. The molecule has 5 rings (SSSR count). The minimum atomic E-state index is -0.606. The number of hydrogen-bond acceptors (Lipinski definition) is 5. The van der Waals surface area contributed by atoms with E-state index in [1.165, 1.54) is 0 Å². The molecule has 41 heavy (non-hydrogen) atoms. The topological polar surface area (TPSA) is 88.2 Å². The van der Waals surface area contributed by atoms with Gasteiger partial charge in [0.2, 0.25) is 0 Å². The first kappa shape index (κ1) is 27.6. The Labute approximate surface area is 243 Å². The number of ether oxygens (including phenoxy) is 1. The molecule has 0 radical (unpaired) electrons. The van der Waals surface area contributed by atoms with Crippen molar-refractivity contribution in [2.45, 2.75) is 26.8 Å². The molecule has 4 aromatic rings. The van der Waals surface area contributed by atoms with Crippen molar-refractivity contribution in [2.75, 3.05) is 6.61 Å². The minimum Gasteiger partial charge on any atom is -0.492 e. The van der Waals surface area contributed by atoms with Crippen molar-refractivity contribution < 1.29 is 14.3 Å². The van der Waals surface area contributed by atoms with Gasteiger partial charge in [-0.25, -0.2) is 4.68 Å². The molecule has 0 atom stereocenters. The van der Waals surface area contributed by atoms with Gasteiger partial charge in [0.15, 0.2) is 0 Å². The first-order valence-electron chi connectivity index (χ1n) is 13.2. The normalized spacial score (nSPS) is 14.5. The SMILES string of the molecule is CCCOc1ccc(-c2nn(-c3ccccc3)cc2/C=C2/C(=O)N(Cc3ccccc3)C(=O)C(C#N)=C2C)cc1Cl. The van der Waals surface area contributed by atoms with Gasteiger partial charge >= 0.3 is 0 Å². The summed E-state index contributed by atoms with van der Waals surface area (Å²) < 4.78 is 7.46. The monoisotopic (exact) mass is 562 g/mol. The summed E-state index contributed by atoms with van der Waals surface area (Å²) in [6.45, 7) is 4.25. The van der Waals surface area contributed by atoms with Crippen LogP contribution in [0.3, 0.4) is 0 Å². The summed E-state index contributed by atoms with van der Waals surface area (Å²) in [7, 11) is 0. The first-order valence-corrected chi connectivity index (χ1v) is 13.6. The molecule has 0 spiro atoms. The average molecular weight is 563 g/mol. The third kappa shape index (κ3) is 5.69. The van der Waals surface area contributed by atoms with Crippen LogP contribution >= 0.6 is 11.6 Å². The summed E-state index contributed by atoms with van der Waals surface area (Å²) >= 11 is 6.56. The predicted octanol–water partition coefficient (Wildman–Crippen LogP) is 6.77. The lowest BCUT2D eigenvalue weighted by atomic mass is 9.93. The molecule has 3 aromatic carbocycles. The van der Waals surface area contributed by atoms with Crippen molar-refractivity contribution in [3.8, 4) is 28.8 Å².